The van der Waals surface area contributed by atoms with Crippen LogP contribution < -0.4 is 18.3 Å². The normalized spacial score (nSPS) is 12.0. The van der Waals surface area contributed by atoms with Crippen LogP contribution in [0.25, 0.3) is 198 Å². The molecule has 0 spiro atoms. The molecule has 12 heterocycles. The monoisotopic (exact) mass is 1780 g/mol. The van der Waals surface area contributed by atoms with Crippen molar-refractivity contribution in [1.82, 2.24) is 37.5 Å². The molecule has 12 aromatic heterocycles. The number of fused-ring (bicyclic) bond motifs is 32. The molecule has 672 valence electrons. The highest BCUT2D eigenvalue weighted by Crippen LogP contribution is 2.45. The van der Waals surface area contributed by atoms with Crippen molar-refractivity contribution in [3.05, 3.63) is 355 Å². The molecule has 0 aliphatic heterocycles. The summed E-state index contributed by atoms with van der Waals surface area (Å²) >= 11 is 0. The van der Waals surface area contributed by atoms with Crippen molar-refractivity contribution < 1.29 is 18.3 Å². The number of nitrogens with zero attached hydrogens (tertiary/aromatic N) is 12. The maximum absolute atomic E-state index is 5.19. The van der Waals surface area contributed by atoms with E-state index in [1.807, 2.05) is 0 Å². The quantitative estimate of drug-likeness (QED) is 0.112. The van der Waals surface area contributed by atoms with Crippen LogP contribution in [0.5, 0.6) is 0 Å². The average molecular weight is 1780 g/mol. The van der Waals surface area contributed by atoms with E-state index in [-0.39, 0.29) is 0 Å². The lowest BCUT2D eigenvalue weighted by atomic mass is 9.91. The second-order valence-electron chi connectivity index (χ2n) is 39.9. The lowest BCUT2D eigenvalue weighted by Crippen LogP contribution is -2.28. The molecule has 12 nitrogen and oxygen atoms in total. The van der Waals surface area contributed by atoms with Crippen molar-refractivity contribution in [2.75, 3.05) is 0 Å². The van der Waals surface area contributed by atoms with Crippen LogP contribution in [0.3, 0.4) is 0 Å². The summed E-state index contributed by atoms with van der Waals surface area (Å²) < 4.78 is 19.1. The standard InChI is InChI=1S/C37H42N3.3C29H26N3/c1-21(2)15-28-19-32-33(20-29(28)16-22(3)4)40-31-14-13-27(34-23(5)11-10-12-24(34)6)18-30(31)36-35(37(40)39(32)9)25(7)17-26(8)38-36;1-17-10-8-11-18(2)25(17)21-12-9-15-24-27(21)28-26(19(3)16-20(4)30-28)29-31(5)22-13-6-7-14-23(22)32(24)29;1-17-9-8-10-18(2)26(17)21-13-14-22-25(16-21)32-24-12-7-6-11-23(24)31(5)29(32)27-19(3)15-20(4)30-28(22)27;1-17-13-18(2)15-21(14-17)22-9-8-12-25-27(22)28-26(19(3)16-20(4)30-28)29-31(5)23-10-6-7-11-24(23)32(25)29/h10-14,17-22H,15-16H2,1-9H3;3*6-16H,1-5H3/q4*+1. The zero-order valence-corrected chi connectivity index (χ0v) is 83.2. The smallest absolute Gasteiger partial charge is 0.252 e. The number of hydrogen-bond donors (Lipinski definition) is 0. The molecule has 136 heavy (non-hydrogen) atoms. The third-order valence-corrected chi connectivity index (χ3v) is 28.8. The van der Waals surface area contributed by atoms with Gasteiger partial charge in [0.05, 0.1) is 82.6 Å². The number of benzene rings is 12. The third-order valence-electron chi connectivity index (χ3n) is 28.8. The van der Waals surface area contributed by atoms with Gasteiger partial charge >= 0.3 is 0 Å². The average Bonchev–Trinajstić information content (AvgIpc) is 1.55. The Morgan fingerprint density at radius 3 is 1.01 bits per heavy atom. The highest BCUT2D eigenvalue weighted by molar-refractivity contribution is 6.20. The van der Waals surface area contributed by atoms with Crippen LogP contribution >= 0.6 is 0 Å². The minimum atomic E-state index is 0.607. The van der Waals surface area contributed by atoms with Crippen molar-refractivity contribution in [2.45, 2.75) is 151 Å². The maximum atomic E-state index is 5.19. The predicted molar refractivity (Wildman–Crippen MR) is 570 cm³/mol. The molecule has 0 amide bonds. The van der Waals surface area contributed by atoms with E-state index >= 15 is 0 Å². The van der Waals surface area contributed by atoms with Gasteiger partial charge in [-0.2, -0.15) is 17.6 Å². The van der Waals surface area contributed by atoms with Gasteiger partial charge < -0.3 is 0 Å². The molecule has 0 N–H and O–H groups in total. The minimum Gasteiger partial charge on any atom is -0.252 e. The number of aryl methyl sites for hydroxylation is 20. The van der Waals surface area contributed by atoms with Gasteiger partial charge in [0, 0.05) is 33.5 Å². The Labute approximate surface area is 795 Å². The van der Waals surface area contributed by atoms with Gasteiger partial charge in [0.2, 0.25) is 0 Å². The first-order chi connectivity index (χ1) is 65.4. The molecular formula is C124H120N12+4. The highest BCUT2D eigenvalue weighted by atomic mass is 15.1. The fourth-order valence-electron chi connectivity index (χ4n) is 23.5. The van der Waals surface area contributed by atoms with Gasteiger partial charge in [0.1, 0.15) is 22.1 Å². The van der Waals surface area contributed by atoms with E-state index in [9.17, 15) is 0 Å². The van der Waals surface area contributed by atoms with Crippen LogP contribution in [0.15, 0.2) is 255 Å². The molecule has 0 fully saturated rings. The van der Waals surface area contributed by atoms with Gasteiger partial charge in [-0.15, -0.1) is 0 Å². The van der Waals surface area contributed by atoms with Crippen molar-refractivity contribution >= 4 is 154 Å². The number of rotatable bonds is 8. The summed E-state index contributed by atoms with van der Waals surface area (Å²) in [5, 5.41) is 9.75. The SMILES string of the molecule is Cc1cc(C)c2c(n1)c1c(-c3c(C)cccc3C)cccc1n1c3ccccc3[n+](C)c21.Cc1cc(C)c2c(n1)c1cc(-c3c(C)cccc3C)ccc1n1c3cc(CC(C)C)c(CC(C)C)cc3[n+](C)c21.Cc1cc(C)c2c(n1)c1ccc(-c3c(C)cccc3C)cc1n1c3ccccc3[n+](C)c21.Cc1cc(C)cc(-c2cccc3c2c2nc(C)cc(C)c2c2n3c3ccccc3[n+]2C)c1. The van der Waals surface area contributed by atoms with Crippen LogP contribution in [-0.4, -0.2) is 37.5 Å². The summed E-state index contributed by atoms with van der Waals surface area (Å²) in [6, 6.07) is 93.4. The van der Waals surface area contributed by atoms with Crippen molar-refractivity contribution in [2.24, 2.45) is 40.0 Å². The van der Waals surface area contributed by atoms with Crippen LogP contribution in [0.1, 0.15) is 128 Å². The molecule has 0 bridgehead atoms. The van der Waals surface area contributed by atoms with E-state index in [1.165, 1.54) is 254 Å². The molecule has 0 unspecified atom stereocenters. The first kappa shape index (κ1) is 87.8. The summed E-state index contributed by atoms with van der Waals surface area (Å²) in [7, 11) is 8.72. The predicted octanol–water partition coefficient (Wildman–Crippen LogP) is 28.5. The number of pyridine rings is 8. The van der Waals surface area contributed by atoms with E-state index in [2.05, 4.69) is 457 Å². The van der Waals surface area contributed by atoms with E-state index in [0.717, 1.165) is 57.7 Å². The molecule has 0 saturated heterocycles. The summed E-state index contributed by atoms with van der Waals surface area (Å²) in [5.41, 5.74) is 56.6. The van der Waals surface area contributed by atoms with Crippen molar-refractivity contribution in [3.8, 4) is 44.5 Å². The molecule has 0 saturated carbocycles. The van der Waals surface area contributed by atoms with Crippen LogP contribution in [-0.2, 0) is 41.0 Å². The first-order valence-corrected chi connectivity index (χ1v) is 48.3. The summed E-state index contributed by atoms with van der Waals surface area (Å²) in [5.74, 6) is 1.22. The number of aromatic nitrogens is 12. The second-order valence-corrected chi connectivity index (χ2v) is 39.9. The largest absolute Gasteiger partial charge is 0.297 e. The Hall–Kier alpha value is -14.9. The molecule has 0 radical (unpaired) electrons. The van der Waals surface area contributed by atoms with E-state index < -0.39 is 0 Å². The highest BCUT2D eigenvalue weighted by Gasteiger charge is 2.34. The maximum Gasteiger partial charge on any atom is 0.297 e. The summed E-state index contributed by atoms with van der Waals surface area (Å²) in [6.45, 7) is 44.1. The molecule has 12 heteroatoms. The van der Waals surface area contributed by atoms with Gasteiger partial charge in [-0.05, 0) is 356 Å². The zero-order chi connectivity index (χ0) is 94.9. The Bertz CT molecular complexity index is 9080. The number of hydrogen-bond acceptors (Lipinski definition) is 4. The number of imidazole rings is 4. The lowest BCUT2D eigenvalue weighted by Gasteiger charge is -2.15. The molecule has 24 rings (SSSR count). The minimum absolute atomic E-state index is 0.607. The molecule has 0 aliphatic carbocycles. The van der Waals surface area contributed by atoms with E-state index in [0.29, 0.717) is 11.8 Å². The fourth-order valence-corrected chi connectivity index (χ4v) is 23.5. The van der Waals surface area contributed by atoms with Gasteiger partial charge in [-0.25, -0.2) is 18.3 Å². The molecular weight excluding hydrogens is 1660 g/mol. The number of para-hydroxylation sites is 6. The van der Waals surface area contributed by atoms with Crippen molar-refractivity contribution in [3.63, 3.8) is 0 Å². The Kier molecular flexibility index (Phi) is 21.7. The summed E-state index contributed by atoms with van der Waals surface area (Å²) in [6.07, 6.45) is 2.20. The van der Waals surface area contributed by atoms with Crippen LogP contribution in [0.4, 0.5) is 0 Å². The van der Waals surface area contributed by atoms with Crippen LogP contribution in [0, 0.1) is 123 Å². The third kappa shape index (κ3) is 14.2. The molecule has 0 aliphatic rings. The van der Waals surface area contributed by atoms with E-state index in [4.69, 9.17) is 19.9 Å². The van der Waals surface area contributed by atoms with Gasteiger partial charge in [-0.1, -0.05) is 184 Å². The fraction of sp³-hybridized carbons (Fsp3) is 0.226. The zero-order valence-electron chi connectivity index (χ0n) is 83.2. The molecule has 24 aromatic rings. The van der Waals surface area contributed by atoms with Gasteiger partial charge in [0.15, 0.2) is 44.1 Å². The first-order valence-electron chi connectivity index (χ1n) is 48.3. The Morgan fingerprint density at radius 1 is 0.235 bits per heavy atom. The lowest BCUT2D eigenvalue weighted by molar-refractivity contribution is -0.617. The van der Waals surface area contributed by atoms with Crippen molar-refractivity contribution in [1.29, 1.82) is 0 Å². The van der Waals surface area contributed by atoms with Gasteiger partial charge in [0.25, 0.3) is 22.6 Å². The molecule has 12 aromatic carbocycles. The molecule has 0 atom stereocenters. The van der Waals surface area contributed by atoms with E-state index in [1.54, 1.807) is 0 Å². The summed E-state index contributed by atoms with van der Waals surface area (Å²) in [4.78, 5) is 20.5. The Morgan fingerprint density at radius 2 is 0.574 bits per heavy atom. The van der Waals surface area contributed by atoms with Crippen LogP contribution in [0.2, 0.25) is 0 Å². The topological polar surface area (TPSA) is 84.7 Å². The Balaban J connectivity index is 0.000000109. The van der Waals surface area contributed by atoms with Gasteiger partial charge in [-0.3, -0.25) is 19.9 Å². The second kappa shape index (κ2) is 33.6.